The van der Waals surface area contributed by atoms with Crippen LogP contribution in [0, 0.1) is 11.3 Å². The molecule has 2 saturated carbocycles. The molecule has 2 aliphatic carbocycles. The zero-order chi connectivity index (χ0) is 28.5. The molecule has 2 aromatic rings. The molecule has 216 valence electrons. The number of aliphatic hydroxyl groups is 1. The number of piperidine rings is 1. The fourth-order valence-electron chi connectivity index (χ4n) is 7.45. The zero-order valence-electron chi connectivity index (χ0n) is 23.8. The minimum Gasteiger partial charge on any atom is -0.460 e. The molecule has 41 heavy (non-hydrogen) atoms. The minimum absolute atomic E-state index is 0.0774. The normalized spacial score (nSPS) is 22.3. The molecule has 2 heterocycles. The molecule has 4 aliphatic rings. The lowest BCUT2D eigenvalue weighted by Gasteiger charge is -2.52. The van der Waals surface area contributed by atoms with Crippen LogP contribution in [0.2, 0.25) is 0 Å². The van der Waals surface area contributed by atoms with Gasteiger partial charge in [-0.05, 0) is 99.3 Å². The summed E-state index contributed by atoms with van der Waals surface area (Å²) in [6.07, 6.45) is 11.4. The van der Waals surface area contributed by atoms with Crippen LogP contribution in [0.15, 0.2) is 60.2 Å². The third kappa shape index (κ3) is 5.50. The predicted molar refractivity (Wildman–Crippen MR) is 161 cm³/mol. The monoisotopic (exact) mass is 555 g/mol. The van der Waals surface area contributed by atoms with Gasteiger partial charge < -0.3 is 14.7 Å². The second kappa shape index (κ2) is 11.5. The maximum atomic E-state index is 13.4. The van der Waals surface area contributed by atoms with E-state index in [0.717, 1.165) is 107 Å². The van der Waals surface area contributed by atoms with Gasteiger partial charge in [0, 0.05) is 23.6 Å². The van der Waals surface area contributed by atoms with Crippen molar-refractivity contribution < 1.29 is 19.4 Å². The molecule has 3 fully saturated rings. The van der Waals surface area contributed by atoms with E-state index in [1.165, 1.54) is 0 Å². The summed E-state index contributed by atoms with van der Waals surface area (Å²) in [7, 11) is 0. The number of anilines is 1. The number of ether oxygens (including phenoxy) is 1. The summed E-state index contributed by atoms with van der Waals surface area (Å²) in [4.78, 5) is 27.2. The molecule has 0 aromatic heterocycles. The highest BCUT2D eigenvalue weighted by Gasteiger charge is 2.52. The van der Waals surface area contributed by atoms with Crippen molar-refractivity contribution in [3.63, 3.8) is 0 Å². The van der Waals surface area contributed by atoms with E-state index in [1.807, 2.05) is 53.5 Å². The summed E-state index contributed by atoms with van der Waals surface area (Å²) in [5.74, 6) is -0.535. The smallest absolute Gasteiger partial charge is 0.343 e. The molecule has 0 radical (unpaired) electrons. The number of allylic oxidation sites excluding steroid dienone is 1. The van der Waals surface area contributed by atoms with Gasteiger partial charge in [-0.25, -0.2) is 4.79 Å². The van der Waals surface area contributed by atoms with E-state index >= 15 is 0 Å². The standard InChI is InChI=1S/C34H41N3O4/c1-25-23-35-37(31-13-12-26(24-38)20-30(25)31)17-7-16-36-18-14-33(15-19-36)21-29(22-33)41-32(39)34(40,28-10-5-6-11-28)27-8-3-2-4-9-27/h2-4,8-9,12-13,20,23-24,28-29,40H,1,5-7,10-11,14-19,21-22H2. The van der Waals surface area contributed by atoms with Crippen LogP contribution in [-0.4, -0.2) is 60.8 Å². The molecule has 1 N–H and O–H groups in total. The molecule has 1 spiro atoms. The van der Waals surface area contributed by atoms with E-state index in [0.29, 0.717) is 11.1 Å². The first-order valence-corrected chi connectivity index (χ1v) is 15.2. The molecular formula is C34H41N3O4. The molecule has 2 aliphatic heterocycles. The molecule has 7 heteroatoms. The fraction of sp³-hybridized carbons (Fsp3) is 0.500. The zero-order valence-corrected chi connectivity index (χ0v) is 23.8. The Kier molecular flexibility index (Phi) is 7.84. The van der Waals surface area contributed by atoms with E-state index in [9.17, 15) is 14.7 Å². The molecule has 7 nitrogen and oxygen atoms in total. The molecule has 1 atom stereocenters. The van der Waals surface area contributed by atoms with Gasteiger partial charge in [0.2, 0.25) is 0 Å². The largest absolute Gasteiger partial charge is 0.460 e. The van der Waals surface area contributed by atoms with Crippen LogP contribution in [0.4, 0.5) is 5.69 Å². The summed E-state index contributed by atoms with van der Waals surface area (Å²) in [5, 5.41) is 18.3. The lowest BCUT2D eigenvalue weighted by atomic mass is 9.61. The average Bonchev–Trinajstić information content (AvgIpc) is 3.54. The number of carbonyl (C=O) groups is 2. The van der Waals surface area contributed by atoms with Gasteiger partial charge in [-0.2, -0.15) is 5.10 Å². The quantitative estimate of drug-likeness (QED) is 0.322. The Balaban J connectivity index is 0.971. The first kappa shape index (κ1) is 27.9. The number of rotatable bonds is 9. The third-order valence-corrected chi connectivity index (χ3v) is 9.96. The van der Waals surface area contributed by atoms with Gasteiger partial charge in [-0.1, -0.05) is 49.8 Å². The Morgan fingerprint density at radius 3 is 2.54 bits per heavy atom. The maximum Gasteiger partial charge on any atom is 0.343 e. The van der Waals surface area contributed by atoms with Crippen LogP contribution in [0.1, 0.15) is 79.3 Å². The molecule has 2 aromatic carbocycles. The number of esters is 1. The SMILES string of the molecule is C=C1C=NN(CCCN2CCC3(CC2)CC(OC(=O)C(O)(c2ccccc2)C2CCCC2)C3)c2ccc(C=O)cc21. The van der Waals surface area contributed by atoms with Gasteiger partial charge in [0.25, 0.3) is 0 Å². The number of likely N-dealkylation sites (tertiary alicyclic amines) is 1. The van der Waals surface area contributed by atoms with Crippen molar-refractivity contribution >= 4 is 29.7 Å². The van der Waals surface area contributed by atoms with Gasteiger partial charge in [0.05, 0.1) is 11.9 Å². The number of hydrazone groups is 1. The number of benzene rings is 2. The van der Waals surface area contributed by atoms with E-state index in [2.05, 4.69) is 16.6 Å². The second-order valence-corrected chi connectivity index (χ2v) is 12.5. The summed E-state index contributed by atoms with van der Waals surface area (Å²) < 4.78 is 6.01. The van der Waals surface area contributed by atoms with Crippen LogP contribution in [0.25, 0.3) is 5.57 Å². The van der Waals surface area contributed by atoms with Crippen molar-refractivity contribution in [1.82, 2.24) is 4.90 Å². The van der Waals surface area contributed by atoms with Crippen LogP contribution in [0.3, 0.4) is 0 Å². The van der Waals surface area contributed by atoms with E-state index in [-0.39, 0.29) is 17.4 Å². The number of carbonyl (C=O) groups excluding carboxylic acids is 2. The van der Waals surface area contributed by atoms with Gasteiger partial charge in [-0.3, -0.25) is 9.80 Å². The predicted octanol–water partition coefficient (Wildman–Crippen LogP) is 5.57. The lowest BCUT2D eigenvalue weighted by molar-refractivity contribution is -0.192. The third-order valence-electron chi connectivity index (χ3n) is 9.96. The van der Waals surface area contributed by atoms with Crippen LogP contribution in [-0.2, 0) is 15.1 Å². The topological polar surface area (TPSA) is 82.4 Å². The van der Waals surface area contributed by atoms with Crippen molar-refractivity contribution in [1.29, 1.82) is 0 Å². The molecule has 1 unspecified atom stereocenters. The Hall–Kier alpha value is -3.29. The van der Waals surface area contributed by atoms with Gasteiger partial charge in [0.1, 0.15) is 12.4 Å². The molecule has 0 amide bonds. The summed E-state index contributed by atoms with van der Waals surface area (Å²) in [6, 6.07) is 15.1. The molecule has 1 saturated heterocycles. The van der Waals surface area contributed by atoms with Crippen LogP contribution >= 0.6 is 0 Å². The van der Waals surface area contributed by atoms with Gasteiger partial charge >= 0.3 is 5.97 Å². The fourth-order valence-corrected chi connectivity index (χ4v) is 7.45. The van der Waals surface area contributed by atoms with E-state index in [1.54, 1.807) is 6.21 Å². The summed E-state index contributed by atoms with van der Waals surface area (Å²) in [6.45, 7) is 7.99. The number of hydrogen-bond donors (Lipinski definition) is 1. The highest BCUT2D eigenvalue weighted by atomic mass is 16.6. The molecule has 0 bridgehead atoms. The molecular weight excluding hydrogens is 514 g/mol. The van der Waals surface area contributed by atoms with Gasteiger partial charge in [0.15, 0.2) is 5.60 Å². The highest BCUT2D eigenvalue weighted by Crippen LogP contribution is 2.51. The lowest BCUT2D eigenvalue weighted by Crippen LogP contribution is -2.53. The first-order chi connectivity index (χ1) is 19.9. The Morgan fingerprint density at radius 2 is 1.83 bits per heavy atom. The Bertz CT molecular complexity index is 1300. The highest BCUT2D eigenvalue weighted by molar-refractivity contribution is 6.13. The number of fused-ring (bicyclic) bond motifs is 1. The second-order valence-electron chi connectivity index (χ2n) is 12.5. The van der Waals surface area contributed by atoms with E-state index in [4.69, 9.17) is 4.74 Å². The van der Waals surface area contributed by atoms with Crippen molar-refractivity contribution in [3.05, 3.63) is 71.8 Å². The average molecular weight is 556 g/mol. The van der Waals surface area contributed by atoms with Crippen molar-refractivity contribution in [2.75, 3.05) is 31.2 Å². The summed E-state index contributed by atoms with van der Waals surface area (Å²) in [5.41, 5.74) is 2.82. The van der Waals surface area contributed by atoms with E-state index < -0.39 is 11.6 Å². The Labute approximate surface area is 242 Å². The summed E-state index contributed by atoms with van der Waals surface area (Å²) >= 11 is 0. The van der Waals surface area contributed by atoms with Crippen molar-refractivity contribution in [2.24, 2.45) is 16.4 Å². The van der Waals surface area contributed by atoms with Crippen molar-refractivity contribution in [2.45, 2.75) is 69.5 Å². The number of hydrogen-bond acceptors (Lipinski definition) is 7. The number of aldehydes is 1. The van der Waals surface area contributed by atoms with Crippen LogP contribution < -0.4 is 5.01 Å². The minimum atomic E-state index is -1.55. The van der Waals surface area contributed by atoms with Crippen molar-refractivity contribution in [3.8, 4) is 0 Å². The van der Waals surface area contributed by atoms with Crippen LogP contribution in [0.5, 0.6) is 0 Å². The maximum absolute atomic E-state index is 13.4. The Morgan fingerprint density at radius 1 is 1.10 bits per heavy atom. The first-order valence-electron chi connectivity index (χ1n) is 15.2. The molecule has 6 rings (SSSR count). The van der Waals surface area contributed by atoms with Gasteiger partial charge in [-0.15, -0.1) is 0 Å². The number of nitrogens with zero attached hydrogens (tertiary/aromatic N) is 3.